The summed E-state index contributed by atoms with van der Waals surface area (Å²) in [6.07, 6.45) is 1.13. The van der Waals surface area contributed by atoms with Crippen LogP contribution in [-0.2, 0) is 9.84 Å². The Balaban J connectivity index is 1.64. The number of hydrogen-bond acceptors (Lipinski definition) is 5. The second-order valence-corrected chi connectivity index (χ2v) is 8.95. The van der Waals surface area contributed by atoms with E-state index in [-0.39, 0.29) is 10.8 Å². The van der Waals surface area contributed by atoms with Crippen molar-refractivity contribution < 1.29 is 13.2 Å². The van der Waals surface area contributed by atoms with Gasteiger partial charge in [-0.25, -0.2) is 13.4 Å². The smallest absolute Gasteiger partial charge is 0.257 e. The summed E-state index contributed by atoms with van der Waals surface area (Å²) < 4.78 is 24.0. The Morgan fingerprint density at radius 2 is 1.73 bits per heavy atom. The highest BCUT2D eigenvalue weighted by Crippen LogP contribution is 2.31. The van der Waals surface area contributed by atoms with Crippen molar-refractivity contribution in [2.45, 2.75) is 4.90 Å². The first kappa shape index (κ1) is 16.7. The van der Waals surface area contributed by atoms with E-state index >= 15 is 0 Å². The molecule has 5 nitrogen and oxygen atoms in total. The molecule has 0 atom stereocenters. The highest BCUT2D eigenvalue weighted by atomic mass is 32.2. The maximum Gasteiger partial charge on any atom is 0.257 e. The van der Waals surface area contributed by atoms with Crippen LogP contribution in [0.4, 0.5) is 5.13 Å². The summed E-state index contributed by atoms with van der Waals surface area (Å²) >= 11 is 1.40. The second kappa shape index (κ2) is 6.19. The highest BCUT2D eigenvalue weighted by Gasteiger charge is 2.13. The molecule has 26 heavy (non-hydrogen) atoms. The van der Waals surface area contributed by atoms with Gasteiger partial charge in [0.05, 0.1) is 15.1 Å². The number of rotatable bonds is 3. The van der Waals surface area contributed by atoms with E-state index in [1.165, 1.54) is 35.6 Å². The van der Waals surface area contributed by atoms with Crippen molar-refractivity contribution in [2.75, 3.05) is 11.6 Å². The minimum Gasteiger partial charge on any atom is -0.298 e. The number of carbonyl (C=O) groups is 1. The molecule has 0 saturated carbocycles. The average molecular weight is 382 g/mol. The van der Waals surface area contributed by atoms with Crippen molar-refractivity contribution in [3.63, 3.8) is 0 Å². The largest absolute Gasteiger partial charge is 0.298 e. The van der Waals surface area contributed by atoms with Crippen LogP contribution >= 0.6 is 11.3 Å². The molecule has 0 bridgehead atoms. The molecule has 130 valence electrons. The van der Waals surface area contributed by atoms with Gasteiger partial charge in [-0.1, -0.05) is 41.7 Å². The third kappa shape index (κ3) is 3.07. The molecule has 0 unspecified atom stereocenters. The van der Waals surface area contributed by atoms with Crippen molar-refractivity contribution >= 4 is 53.2 Å². The first-order valence-corrected chi connectivity index (χ1v) is 10.5. The number of fused-ring (bicyclic) bond motifs is 3. The quantitative estimate of drug-likeness (QED) is 0.579. The number of nitrogens with zero attached hydrogens (tertiary/aromatic N) is 1. The molecule has 1 aromatic heterocycles. The van der Waals surface area contributed by atoms with Gasteiger partial charge >= 0.3 is 0 Å². The first-order valence-electron chi connectivity index (χ1n) is 7.81. The zero-order chi connectivity index (χ0) is 18.3. The molecule has 0 aliphatic heterocycles. The lowest BCUT2D eigenvalue weighted by Crippen LogP contribution is -2.11. The van der Waals surface area contributed by atoms with E-state index in [2.05, 4.69) is 10.3 Å². The van der Waals surface area contributed by atoms with Crippen LogP contribution in [0, 0.1) is 0 Å². The molecule has 0 radical (unpaired) electrons. The Labute approximate surface area is 154 Å². The first-order chi connectivity index (χ1) is 12.4. The molecule has 0 aliphatic rings. The van der Waals surface area contributed by atoms with Gasteiger partial charge in [0.15, 0.2) is 15.0 Å². The standard InChI is InChI=1S/C19H14N2O3S2/c1-26(23,24)14-9-6-13(7-10-14)18(22)21-19-20-17-15-5-3-2-4-12(15)8-11-16(17)25-19/h2-11H,1H3,(H,20,21,22). The summed E-state index contributed by atoms with van der Waals surface area (Å²) in [6, 6.07) is 17.8. The highest BCUT2D eigenvalue weighted by molar-refractivity contribution is 7.90. The van der Waals surface area contributed by atoms with Crippen LogP contribution in [0.25, 0.3) is 21.0 Å². The van der Waals surface area contributed by atoms with Crippen molar-refractivity contribution in [3.8, 4) is 0 Å². The molecular formula is C19H14N2O3S2. The Kier molecular flexibility index (Phi) is 3.97. The van der Waals surface area contributed by atoms with Crippen molar-refractivity contribution in [3.05, 3.63) is 66.2 Å². The Hall–Kier alpha value is -2.77. The number of amides is 1. The van der Waals surface area contributed by atoms with Gasteiger partial charge in [0, 0.05) is 17.2 Å². The molecule has 1 N–H and O–H groups in total. The third-order valence-corrected chi connectivity index (χ3v) is 6.11. The molecule has 0 spiro atoms. The summed E-state index contributed by atoms with van der Waals surface area (Å²) in [5.74, 6) is -0.326. The van der Waals surface area contributed by atoms with Crippen LogP contribution in [0.1, 0.15) is 10.4 Å². The van der Waals surface area contributed by atoms with Gasteiger partial charge in [-0.05, 0) is 35.7 Å². The number of thiazole rings is 1. The fraction of sp³-hybridized carbons (Fsp3) is 0.0526. The molecular weight excluding hydrogens is 368 g/mol. The normalized spacial score (nSPS) is 11.7. The van der Waals surface area contributed by atoms with Gasteiger partial charge < -0.3 is 0 Å². The molecule has 1 heterocycles. The predicted molar refractivity (Wildman–Crippen MR) is 105 cm³/mol. The zero-order valence-electron chi connectivity index (χ0n) is 13.8. The molecule has 4 rings (SSSR count). The van der Waals surface area contributed by atoms with E-state index in [4.69, 9.17) is 0 Å². The van der Waals surface area contributed by atoms with Crippen LogP contribution in [-0.4, -0.2) is 25.6 Å². The molecule has 7 heteroatoms. The van der Waals surface area contributed by atoms with E-state index in [1.807, 2.05) is 36.4 Å². The van der Waals surface area contributed by atoms with Crippen molar-refractivity contribution in [1.29, 1.82) is 0 Å². The lowest BCUT2D eigenvalue weighted by molar-refractivity contribution is 0.102. The molecule has 3 aromatic carbocycles. The van der Waals surface area contributed by atoms with E-state index in [1.54, 1.807) is 0 Å². The Bertz CT molecular complexity index is 1240. The SMILES string of the molecule is CS(=O)(=O)c1ccc(C(=O)Nc2nc3c(ccc4ccccc43)s2)cc1. The molecule has 0 aliphatic carbocycles. The van der Waals surface area contributed by atoms with E-state index in [9.17, 15) is 13.2 Å². The van der Waals surface area contributed by atoms with Gasteiger partial charge in [0.1, 0.15) is 0 Å². The zero-order valence-corrected chi connectivity index (χ0v) is 15.4. The fourth-order valence-electron chi connectivity index (χ4n) is 2.74. The predicted octanol–water partition coefficient (Wildman–Crippen LogP) is 4.11. The topological polar surface area (TPSA) is 76.1 Å². The van der Waals surface area contributed by atoms with Crippen LogP contribution in [0.3, 0.4) is 0 Å². The minimum atomic E-state index is -3.28. The number of benzene rings is 3. The van der Waals surface area contributed by atoms with E-state index in [0.717, 1.165) is 27.2 Å². The molecule has 0 fully saturated rings. The van der Waals surface area contributed by atoms with Crippen molar-refractivity contribution in [2.24, 2.45) is 0 Å². The Morgan fingerprint density at radius 1 is 1.00 bits per heavy atom. The molecule has 0 saturated heterocycles. The molecule has 4 aromatic rings. The number of hydrogen-bond donors (Lipinski definition) is 1. The maximum absolute atomic E-state index is 12.4. The van der Waals surface area contributed by atoms with Crippen LogP contribution in [0.2, 0.25) is 0 Å². The van der Waals surface area contributed by atoms with Crippen molar-refractivity contribution in [1.82, 2.24) is 4.98 Å². The number of nitrogens with one attached hydrogen (secondary N) is 1. The maximum atomic E-state index is 12.4. The van der Waals surface area contributed by atoms with Crippen LogP contribution in [0.5, 0.6) is 0 Å². The summed E-state index contributed by atoms with van der Waals surface area (Å²) in [5, 5.41) is 5.44. The Morgan fingerprint density at radius 3 is 2.46 bits per heavy atom. The second-order valence-electron chi connectivity index (χ2n) is 5.90. The third-order valence-electron chi connectivity index (χ3n) is 4.05. The minimum absolute atomic E-state index is 0.181. The summed E-state index contributed by atoms with van der Waals surface area (Å²) in [5.41, 5.74) is 1.23. The number of aromatic nitrogens is 1. The van der Waals surface area contributed by atoms with Gasteiger partial charge in [-0.2, -0.15) is 0 Å². The lowest BCUT2D eigenvalue weighted by Gasteiger charge is -2.03. The van der Waals surface area contributed by atoms with Crippen LogP contribution in [0.15, 0.2) is 65.6 Å². The monoisotopic (exact) mass is 382 g/mol. The van der Waals surface area contributed by atoms with E-state index < -0.39 is 9.84 Å². The fourth-order valence-corrected chi connectivity index (χ4v) is 4.25. The number of sulfone groups is 1. The number of carbonyl (C=O) groups excluding carboxylic acids is 1. The molecule has 1 amide bonds. The van der Waals surface area contributed by atoms with Crippen LogP contribution < -0.4 is 5.32 Å². The summed E-state index contributed by atoms with van der Waals surface area (Å²) in [7, 11) is -3.28. The van der Waals surface area contributed by atoms with Gasteiger partial charge in [0.25, 0.3) is 5.91 Å². The van der Waals surface area contributed by atoms with Gasteiger partial charge in [-0.15, -0.1) is 0 Å². The number of anilines is 1. The van der Waals surface area contributed by atoms with Gasteiger partial charge in [0.2, 0.25) is 0 Å². The van der Waals surface area contributed by atoms with Gasteiger partial charge in [-0.3, -0.25) is 10.1 Å². The lowest BCUT2D eigenvalue weighted by atomic mass is 10.1. The summed E-state index contributed by atoms with van der Waals surface area (Å²) in [6.45, 7) is 0. The van der Waals surface area contributed by atoms with E-state index in [0.29, 0.717) is 10.7 Å². The average Bonchev–Trinajstić information content (AvgIpc) is 3.04. The summed E-state index contributed by atoms with van der Waals surface area (Å²) in [4.78, 5) is 17.2.